The number of para-hydroxylation sites is 1. The van der Waals surface area contributed by atoms with Gasteiger partial charge >= 0.3 is 5.97 Å². The van der Waals surface area contributed by atoms with Crippen molar-refractivity contribution in [1.82, 2.24) is 9.78 Å². The number of nitrogens with one attached hydrogen (secondary N) is 1. The van der Waals surface area contributed by atoms with Crippen molar-refractivity contribution in [3.8, 4) is 5.75 Å². The molecular weight excluding hydrogens is 464 g/mol. The van der Waals surface area contributed by atoms with Gasteiger partial charge in [0.05, 0.1) is 11.4 Å². The summed E-state index contributed by atoms with van der Waals surface area (Å²) in [6.07, 6.45) is -1.24. The third-order valence-corrected chi connectivity index (χ3v) is 5.38. The van der Waals surface area contributed by atoms with Crippen LogP contribution in [0, 0.1) is 0 Å². The van der Waals surface area contributed by atoms with Gasteiger partial charge in [-0.2, -0.15) is 5.10 Å². The highest BCUT2D eigenvalue weighted by molar-refractivity contribution is 7.89. The van der Waals surface area contributed by atoms with E-state index >= 15 is 0 Å². The molecule has 0 saturated heterocycles. The van der Waals surface area contributed by atoms with Gasteiger partial charge in [0, 0.05) is 11.8 Å². The van der Waals surface area contributed by atoms with Crippen molar-refractivity contribution >= 4 is 27.6 Å². The van der Waals surface area contributed by atoms with Crippen molar-refractivity contribution in [2.75, 3.05) is 11.9 Å². The van der Waals surface area contributed by atoms with Crippen LogP contribution in [0.2, 0.25) is 0 Å². The van der Waals surface area contributed by atoms with Gasteiger partial charge in [-0.25, -0.2) is 23.0 Å². The minimum atomic E-state index is -3.95. The number of sulfonamides is 1. The van der Waals surface area contributed by atoms with Crippen molar-refractivity contribution in [2.45, 2.75) is 24.5 Å². The van der Waals surface area contributed by atoms with E-state index in [-0.39, 0.29) is 29.4 Å². The Morgan fingerprint density at radius 3 is 2.53 bits per heavy atom. The molecule has 12 heteroatoms. The Bertz CT molecular complexity index is 1340. The summed E-state index contributed by atoms with van der Waals surface area (Å²) in [4.78, 5) is 36.7. The maximum absolute atomic E-state index is 12.4. The fourth-order valence-electron chi connectivity index (χ4n) is 2.75. The number of carbonyl (C=O) groups excluding carboxylic acids is 2. The Hall–Kier alpha value is -4.03. The van der Waals surface area contributed by atoms with Gasteiger partial charge < -0.3 is 14.8 Å². The summed E-state index contributed by atoms with van der Waals surface area (Å²) in [6.45, 7) is 1.57. The van der Waals surface area contributed by atoms with Crippen molar-refractivity contribution in [3.63, 3.8) is 0 Å². The molecule has 0 aliphatic carbocycles. The number of primary sulfonamides is 1. The number of esters is 1. The monoisotopic (exact) mass is 486 g/mol. The van der Waals surface area contributed by atoms with E-state index in [9.17, 15) is 22.8 Å². The Morgan fingerprint density at radius 1 is 1.09 bits per heavy atom. The van der Waals surface area contributed by atoms with Crippen LogP contribution in [-0.4, -0.2) is 42.8 Å². The van der Waals surface area contributed by atoms with Crippen LogP contribution in [0.25, 0.3) is 0 Å². The first-order valence-corrected chi connectivity index (χ1v) is 11.6. The maximum Gasteiger partial charge on any atom is 0.359 e. The van der Waals surface area contributed by atoms with Crippen LogP contribution in [0.3, 0.4) is 0 Å². The summed E-state index contributed by atoms with van der Waals surface area (Å²) >= 11 is 0. The number of nitrogens with two attached hydrogens (primary N) is 1. The molecule has 0 fully saturated rings. The van der Waals surface area contributed by atoms with Crippen molar-refractivity contribution in [3.05, 3.63) is 82.8 Å². The van der Waals surface area contributed by atoms with E-state index in [2.05, 4.69) is 10.4 Å². The molecule has 1 unspecified atom stereocenters. The third kappa shape index (κ3) is 6.73. The van der Waals surface area contributed by atoms with Crippen molar-refractivity contribution in [2.24, 2.45) is 5.14 Å². The van der Waals surface area contributed by atoms with Crippen molar-refractivity contribution in [1.29, 1.82) is 0 Å². The highest BCUT2D eigenvalue weighted by Gasteiger charge is 2.21. The molecule has 3 aromatic rings. The number of hydrogen-bond acceptors (Lipinski definition) is 8. The lowest BCUT2D eigenvalue weighted by Gasteiger charge is -2.14. The number of anilines is 1. The number of carbonyl (C=O) groups is 2. The predicted molar refractivity (Wildman–Crippen MR) is 122 cm³/mol. The fourth-order valence-corrected chi connectivity index (χ4v) is 3.31. The number of amides is 1. The zero-order valence-electron chi connectivity index (χ0n) is 18.1. The van der Waals surface area contributed by atoms with Gasteiger partial charge in [0.2, 0.25) is 10.0 Å². The summed E-state index contributed by atoms with van der Waals surface area (Å²) < 4.78 is 34.6. The SMILES string of the molecule is CC(OC(=O)c1ccc(=O)n(CCOc2ccccc2)n1)C(=O)Nc1cccc(S(N)(=O)=O)c1. The molecule has 1 amide bonds. The lowest BCUT2D eigenvalue weighted by atomic mass is 10.3. The molecule has 0 aliphatic heterocycles. The highest BCUT2D eigenvalue weighted by atomic mass is 32.2. The van der Waals surface area contributed by atoms with Gasteiger partial charge in [0.15, 0.2) is 11.8 Å². The minimum Gasteiger partial charge on any atom is -0.492 e. The van der Waals surface area contributed by atoms with E-state index in [0.29, 0.717) is 5.75 Å². The molecule has 2 aromatic carbocycles. The number of aromatic nitrogens is 2. The normalized spacial score (nSPS) is 11.9. The van der Waals surface area contributed by atoms with Crippen LogP contribution in [-0.2, 0) is 26.1 Å². The second-order valence-electron chi connectivity index (χ2n) is 7.05. The standard InChI is InChI=1S/C22H22N4O7S/c1-15(21(28)24-16-6-5-9-18(14-16)34(23,30)31)33-22(29)19-10-11-20(27)26(25-19)12-13-32-17-7-3-2-4-8-17/h2-11,14-15H,12-13H2,1H3,(H,24,28)(H2,23,30,31). The Labute approximate surface area is 195 Å². The molecule has 1 aromatic heterocycles. The van der Waals surface area contributed by atoms with E-state index < -0.39 is 33.6 Å². The predicted octanol–water partition coefficient (Wildman–Crippen LogP) is 1.15. The molecule has 1 atom stereocenters. The molecule has 0 bridgehead atoms. The molecule has 0 radical (unpaired) electrons. The summed E-state index contributed by atoms with van der Waals surface area (Å²) in [5.74, 6) is -0.997. The van der Waals surface area contributed by atoms with Crippen LogP contribution in [0.15, 0.2) is 76.4 Å². The molecule has 0 saturated carbocycles. The Morgan fingerprint density at radius 2 is 1.82 bits per heavy atom. The molecule has 3 rings (SSSR count). The van der Waals surface area contributed by atoms with Gasteiger partial charge in [-0.1, -0.05) is 24.3 Å². The lowest BCUT2D eigenvalue weighted by molar-refractivity contribution is -0.123. The van der Waals surface area contributed by atoms with E-state index in [4.69, 9.17) is 14.6 Å². The van der Waals surface area contributed by atoms with Gasteiger partial charge in [0.25, 0.3) is 11.5 Å². The first kappa shape index (κ1) is 24.6. The van der Waals surface area contributed by atoms with E-state index in [1.54, 1.807) is 12.1 Å². The molecule has 0 aliphatic rings. The number of benzene rings is 2. The molecule has 178 valence electrons. The smallest absolute Gasteiger partial charge is 0.359 e. The Kier molecular flexibility index (Phi) is 7.76. The van der Waals surface area contributed by atoms with Crippen LogP contribution in [0.4, 0.5) is 5.69 Å². The summed E-state index contributed by atoms with van der Waals surface area (Å²) in [5, 5.41) is 11.5. The van der Waals surface area contributed by atoms with Crippen LogP contribution in [0.5, 0.6) is 5.75 Å². The summed E-state index contributed by atoms with van der Waals surface area (Å²) in [7, 11) is -3.95. The zero-order chi connectivity index (χ0) is 24.7. The summed E-state index contributed by atoms with van der Waals surface area (Å²) in [5.41, 5.74) is -0.451. The second-order valence-corrected chi connectivity index (χ2v) is 8.61. The van der Waals surface area contributed by atoms with E-state index in [1.807, 2.05) is 18.2 Å². The Balaban J connectivity index is 1.60. The number of rotatable bonds is 9. The lowest BCUT2D eigenvalue weighted by Crippen LogP contribution is -2.32. The fraction of sp³-hybridized carbons (Fsp3) is 0.182. The topological polar surface area (TPSA) is 160 Å². The van der Waals surface area contributed by atoms with Gasteiger partial charge in [-0.3, -0.25) is 9.59 Å². The third-order valence-electron chi connectivity index (χ3n) is 4.47. The number of hydrogen-bond donors (Lipinski definition) is 2. The minimum absolute atomic E-state index is 0.0886. The van der Waals surface area contributed by atoms with Crippen LogP contribution in [0.1, 0.15) is 17.4 Å². The van der Waals surface area contributed by atoms with E-state index in [1.165, 1.54) is 37.3 Å². The zero-order valence-corrected chi connectivity index (χ0v) is 18.9. The second kappa shape index (κ2) is 10.7. The average molecular weight is 487 g/mol. The average Bonchev–Trinajstić information content (AvgIpc) is 2.80. The molecule has 0 spiro atoms. The number of ether oxygens (including phenoxy) is 2. The molecule has 3 N–H and O–H groups in total. The largest absolute Gasteiger partial charge is 0.492 e. The molecule has 11 nitrogen and oxygen atoms in total. The van der Waals surface area contributed by atoms with Gasteiger partial charge in [-0.15, -0.1) is 0 Å². The van der Waals surface area contributed by atoms with Gasteiger partial charge in [0.1, 0.15) is 12.4 Å². The quantitative estimate of drug-likeness (QED) is 0.426. The first-order valence-electron chi connectivity index (χ1n) is 10.0. The maximum atomic E-state index is 12.4. The van der Waals surface area contributed by atoms with Crippen LogP contribution >= 0.6 is 0 Å². The molecule has 34 heavy (non-hydrogen) atoms. The molecular formula is C22H22N4O7S. The number of nitrogens with zero attached hydrogens (tertiary/aromatic N) is 2. The van der Waals surface area contributed by atoms with E-state index in [0.717, 1.165) is 10.7 Å². The van der Waals surface area contributed by atoms with Crippen molar-refractivity contribution < 1.29 is 27.5 Å². The van der Waals surface area contributed by atoms with Gasteiger partial charge in [-0.05, 0) is 43.3 Å². The van der Waals surface area contributed by atoms with Crippen LogP contribution < -0.4 is 20.8 Å². The first-order chi connectivity index (χ1) is 16.1. The highest BCUT2D eigenvalue weighted by Crippen LogP contribution is 2.15. The molecule has 1 heterocycles. The summed E-state index contributed by atoms with van der Waals surface area (Å²) in [6, 6.07) is 16.7.